The molecule has 4 nitrogen and oxygen atoms in total. The van der Waals surface area contributed by atoms with Gasteiger partial charge in [-0.2, -0.15) is 0 Å². The van der Waals surface area contributed by atoms with Crippen molar-refractivity contribution in [3.8, 4) is 0 Å². The number of aromatic carboxylic acids is 1. The van der Waals surface area contributed by atoms with Gasteiger partial charge in [-0.15, -0.1) is 11.8 Å². The minimum absolute atomic E-state index is 0.0733. The van der Waals surface area contributed by atoms with Crippen molar-refractivity contribution in [1.29, 1.82) is 0 Å². The fourth-order valence-electron chi connectivity index (χ4n) is 1.27. The molecular formula is C12H10N2O2S. The van der Waals surface area contributed by atoms with Crippen LogP contribution in [0.1, 0.15) is 16.1 Å². The Labute approximate surface area is 103 Å². The summed E-state index contributed by atoms with van der Waals surface area (Å²) in [5.41, 5.74) is 0.997. The van der Waals surface area contributed by atoms with Crippen LogP contribution in [0.25, 0.3) is 0 Å². The Morgan fingerprint density at radius 1 is 1.24 bits per heavy atom. The first-order valence-corrected chi connectivity index (χ1v) is 5.96. The first-order valence-electron chi connectivity index (χ1n) is 4.98. The van der Waals surface area contributed by atoms with Crippen LogP contribution in [0.15, 0.2) is 47.8 Å². The van der Waals surface area contributed by atoms with Crippen molar-refractivity contribution in [2.24, 2.45) is 0 Å². The van der Waals surface area contributed by atoms with Crippen LogP contribution in [0.4, 0.5) is 0 Å². The van der Waals surface area contributed by atoms with E-state index in [-0.39, 0.29) is 5.69 Å². The molecular weight excluding hydrogens is 236 g/mol. The number of pyridine rings is 2. The third kappa shape index (κ3) is 3.29. The molecule has 0 spiro atoms. The molecule has 0 unspecified atom stereocenters. The number of thioether (sulfide) groups is 1. The van der Waals surface area contributed by atoms with Crippen molar-refractivity contribution in [2.45, 2.75) is 10.8 Å². The van der Waals surface area contributed by atoms with E-state index in [0.29, 0.717) is 5.75 Å². The number of hydrogen-bond donors (Lipinski definition) is 1. The van der Waals surface area contributed by atoms with Crippen molar-refractivity contribution in [2.75, 3.05) is 0 Å². The zero-order valence-electron chi connectivity index (χ0n) is 8.91. The summed E-state index contributed by atoms with van der Waals surface area (Å²) in [7, 11) is 0. The largest absolute Gasteiger partial charge is 0.477 e. The summed E-state index contributed by atoms with van der Waals surface area (Å²) >= 11 is 1.56. The first kappa shape index (κ1) is 11.6. The predicted octanol–water partition coefficient (Wildman–Crippen LogP) is 2.47. The standard InChI is InChI=1S/C12H10N2O2S/c15-12(16)10-7-9(4-6-13-10)8-17-11-3-1-2-5-14-11/h1-7H,8H2,(H,15,16). The number of aromatic nitrogens is 2. The van der Waals surface area contributed by atoms with E-state index in [0.717, 1.165) is 10.6 Å². The summed E-state index contributed by atoms with van der Waals surface area (Å²) in [4.78, 5) is 18.7. The molecule has 2 heterocycles. The maximum absolute atomic E-state index is 10.7. The van der Waals surface area contributed by atoms with Crippen LogP contribution in [0, 0.1) is 0 Å². The van der Waals surface area contributed by atoms with Crippen LogP contribution < -0.4 is 0 Å². The summed E-state index contributed by atoms with van der Waals surface area (Å²) in [6.45, 7) is 0. The monoisotopic (exact) mass is 246 g/mol. The van der Waals surface area contributed by atoms with Crippen LogP contribution in [0.5, 0.6) is 0 Å². The summed E-state index contributed by atoms with van der Waals surface area (Å²) in [5.74, 6) is -0.325. The maximum Gasteiger partial charge on any atom is 0.354 e. The molecule has 0 aliphatic carbocycles. The van der Waals surface area contributed by atoms with Crippen molar-refractivity contribution in [3.05, 3.63) is 54.0 Å². The minimum atomic E-state index is -1.00. The van der Waals surface area contributed by atoms with Gasteiger partial charge in [0.15, 0.2) is 0 Å². The highest BCUT2D eigenvalue weighted by Gasteiger charge is 2.05. The highest BCUT2D eigenvalue weighted by atomic mass is 32.2. The molecule has 0 saturated heterocycles. The second kappa shape index (κ2) is 5.45. The van der Waals surface area contributed by atoms with Crippen molar-refractivity contribution in [1.82, 2.24) is 9.97 Å². The first-order chi connectivity index (χ1) is 8.25. The molecule has 0 saturated carbocycles. The molecule has 0 fully saturated rings. The van der Waals surface area contributed by atoms with Gasteiger partial charge in [-0.25, -0.2) is 14.8 Å². The zero-order valence-corrected chi connectivity index (χ0v) is 9.72. The highest BCUT2D eigenvalue weighted by Crippen LogP contribution is 2.20. The van der Waals surface area contributed by atoms with E-state index in [1.807, 2.05) is 24.3 Å². The van der Waals surface area contributed by atoms with Crippen molar-refractivity contribution >= 4 is 17.7 Å². The number of carboxylic acids is 1. The van der Waals surface area contributed by atoms with Gasteiger partial charge in [0.1, 0.15) is 5.69 Å². The van der Waals surface area contributed by atoms with Crippen LogP contribution in [-0.2, 0) is 5.75 Å². The van der Waals surface area contributed by atoms with Gasteiger partial charge >= 0.3 is 5.97 Å². The molecule has 5 heteroatoms. The molecule has 1 N–H and O–H groups in total. The number of rotatable bonds is 4. The third-order valence-electron chi connectivity index (χ3n) is 2.07. The molecule has 0 atom stereocenters. The quantitative estimate of drug-likeness (QED) is 0.839. The summed E-state index contributed by atoms with van der Waals surface area (Å²) in [5, 5.41) is 9.73. The average molecular weight is 246 g/mol. The molecule has 2 aromatic heterocycles. The molecule has 17 heavy (non-hydrogen) atoms. The van der Waals surface area contributed by atoms with Crippen molar-refractivity contribution < 1.29 is 9.90 Å². The summed E-state index contributed by atoms with van der Waals surface area (Å²) in [6.07, 6.45) is 3.25. The van der Waals surface area contributed by atoms with Gasteiger partial charge in [0, 0.05) is 18.1 Å². The lowest BCUT2D eigenvalue weighted by Gasteiger charge is -2.01. The average Bonchev–Trinajstić information content (AvgIpc) is 2.38. The van der Waals surface area contributed by atoms with E-state index < -0.39 is 5.97 Å². The lowest BCUT2D eigenvalue weighted by molar-refractivity contribution is 0.0690. The summed E-state index contributed by atoms with van der Waals surface area (Å²) in [6, 6.07) is 9.09. The molecule has 0 amide bonds. The molecule has 86 valence electrons. The van der Waals surface area contributed by atoms with E-state index in [9.17, 15) is 4.79 Å². The molecule has 2 rings (SSSR count). The van der Waals surface area contributed by atoms with Crippen LogP contribution in [-0.4, -0.2) is 21.0 Å². The normalized spacial score (nSPS) is 10.1. The van der Waals surface area contributed by atoms with Crippen LogP contribution in [0.2, 0.25) is 0 Å². The summed E-state index contributed by atoms with van der Waals surface area (Å²) < 4.78 is 0. The Morgan fingerprint density at radius 3 is 2.82 bits per heavy atom. The van der Waals surface area contributed by atoms with Crippen molar-refractivity contribution in [3.63, 3.8) is 0 Å². The Hall–Kier alpha value is -1.88. The van der Waals surface area contributed by atoms with Gasteiger partial charge in [-0.1, -0.05) is 6.07 Å². The van der Waals surface area contributed by atoms with Crippen LogP contribution in [0.3, 0.4) is 0 Å². The number of hydrogen-bond acceptors (Lipinski definition) is 4. The molecule has 0 bridgehead atoms. The Morgan fingerprint density at radius 2 is 2.12 bits per heavy atom. The second-order valence-corrected chi connectivity index (χ2v) is 4.31. The lowest BCUT2D eigenvalue weighted by Crippen LogP contribution is -2.00. The number of carboxylic acid groups (broad SMARTS) is 1. The van der Waals surface area contributed by atoms with Gasteiger partial charge < -0.3 is 5.11 Å². The van der Waals surface area contributed by atoms with E-state index >= 15 is 0 Å². The fourth-order valence-corrected chi connectivity index (χ4v) is 2.08. The highest BCUT2D eigenvalue weighted by molar-refractivity contribution is 7.98. The van der Waals surface area contributed by atoms with Gasteiger partial charge in [0.2, 0.25) is 0 Å². The number of nitrogens with zero attached hydrogens (tertiary/aromatic N) is 2. The Balaban J connectivity index is 2.04. The molecule has 0 aliphatic heterocycles. The Kier molecular flexibility index (Phi) is 3.72. The molecule has 0 aromatic carbocycles. The van der Waals surface area contributed by atoms with Crippen LogP contribution >= 0.6 is 11.8 Å². The molecule has 2 aromatic rings. The second-order valence-electron chi connectivity index (χ2n) is 3.31. The molecule has 0 aliphatic rings. The topological polar surface area (TPSA) is 63.1 Å². The van der Waals surface area contributed by atoms with Gasteiger partial charge in [0.25, 0.3) is 0 Å². The van der Waals surface area contributed by atoms with Gasteiger partial charge in [0.05, 0.1) is 5.03 Å². The molecule has 0 radical (unpaired) electrons. The van der Waals surface area contributed by atoms with E-state index in [1.165, 1.54) is 6.20 Å². The zero-order chi connectivity index (χ0) is 12.1. The van der Waals surface area contributed by atoms with Gasteiger partial charge in [-0.05, 0) is 29.8 Å². The van der Waals surface area contributed by atoms with E-state index in [4.69, 9.17) is 5.11 Å². The number of carbonyl (C=O) groups is 1. The Bertz CT molecular complexity index is 517. The van der Waals surface area contributed by atoms with Gasteiger partial charge in [-0.3, -0.25) is 0 Å². The fraction of sp³-hybridized carbons (Fsp3) is 0.0833. The maximum atomic E-state index is 10.7. The smallest absolute Gasteiger partial charge is 0.354 e. The third-order valence-corrected chi connectivity index (χ3v) is 3.08. The minimum Gasteiger partial charge on any atom is -0.477 e. The predicted molar refractivity (Wildman–Crippen MR) is 65.0 cm³/mol. The van der Waals surface area contributed by atoms with E-state index in [2.05, 4.69) is 9.97 Å². The lowest BCUT2D eigenvalue weighted by atomic mass is 10.2. The van der Waals surface area contributed by atoms with E-state index in [1.54, 1.807) is 24.0 Å². The SMILES string of the molecule is O=C(O)c1cc(CSc2ccccn2)ccn1.